The number of benzene rings is 1. The number of nitrogens with zero attached hydrogens (tertiary/aromatic N) is 2. The molecule has 3 N–H and O–H groups in total. The molecule has 0 spiro atoms. The molecule has 2 amide bonds. The number of imidazole rings is 1. The minimum Gasteiger partial charge on any atom is -0.390 e. The molecule has 8 heteroatoms. The largest absolute Gasteiger partial charge is 0.390 e. The third-order valence-corrected chi connectivity index (χ3v) is 4.96. The molecule has 138 valence electrons. The maximum atomic E-state index is 12.1. The van der Waals surface area contributed by atoms with Gasteiger partial charge >= 0.3 is 0 Å². The lowest BCUT2D eigenvalue weighted by Crippen LogP contribution is -2.30. The van der Waals surface area contributed by atoms with Gasteiger partial charge in [0, 0.05) is 12.6 Å². The minimum atomic E-state index is -0.204. The lowest BCUT2D eigenvalue weighted by atomic mass is 10.2. The topological polar surface area (TPSA) is 96.2 Å². The number of nitrogens with one attached hydrogen (secondary N) is 2. The van der Waals surface area contributed by atoms with Gasteiger partial charge in [0.1, 0.15) is 6.54 Å². The second kappa shape index (κ2) is 8.86. The first-order valence-electron chi connectivity index (χ1n) is 8.53. The highest BCUT2D eigenvalue weighted by atomic mass is 32.2. The zero-order valence-electron chi connectivity index (χ0n) is 14.4. The molecule has 7 nitrogen and oxygen atoms in total. The molecule has 0 aliphatic heterocycles. The maximum Gasteiger partial charge on any atom is 0.240 e. The number of aliphatic hydroxyl groups excluding tert-OH is 1. The quantitative estimate of drug-likeness (QED) is 0.571. The molecule has 1 fully saturated rings. The van der Waals surface area contributed by atoms with Gasteiger partial charge < -0.3 is 20.3 Å². The molecule has 0 atom stereocenters. The van der Waals surface area contributed by atoms with Crippen molar-refractivity contribution in [2.45, 2.75) is 43.7 Å². The Morgan fingerprint density at radius 3 is 2.69 bits per heavy atom. The number of rotatable bonds is 9. The van der Waals surface area contributed by atoms with E-state index in [-0.39, 0.29) is 36.8 Å². The second-order valence-electron chi connectivity index (χ2n) is 6.17. The molecule has 0 unspecified atom stereocenters. The van der Waals surface area contributed by atoms with E-state index in [1.165, 1.54) is 18.0 Å². The molecule has 1 aromatic heterocycles. The number of hydrogen-bond donors (Lipinski definition) is 3. The zero-order valence-corrected chi connectivity index (χ0v) is 15.2. The molecule has 1 heterocycles. The van der Waals surface area contributed by atoms with Gasteiger partial charge in [-0.3, -0.25) is 9.59 Å². The number of aromatic nitrogens is 2. The molecule has 3 rings (SSSR count). The summed E-state index contributed by atoms with van der Waals surface area (Å²) < 4.78 is 1.66. The van der Waals surface area contributed by atoms with E-state index in [9.17, 15) is 14.7 Å². The van der Waals surface area contributed by atoms with Crippen LogP contribution in [0.2, 0.25) is 0 Å². The van der Waals surface area contributed by atoms with Gasteiger partial charge in [0.2, 0.25) is 11.8 Å². The van der Waals surface area contributed by atoms with Crippen LogP contribution in [-0.2, 0) is 29.3 Å². The van der Waals surface area contributed by atoms with Gasteiger partial charge in [-0.2, -0.15) is 0 Å². The summed E-state index contributed by atoms with van der Waals surface area (Å²) in [6, 6.07) is 9.97. The normalized spacial score (nSPS) is 13.4. The minimum absolute atomic E-state index is 0.0976. The van der Waals surface area contributed by atoms with Gasteiger partial charge in [-0.15, -0.1) is 0 Å². The van der Waals surface area contributed by atoms with Crippen molar-refractivity contribution in [2.75, 3.05) is 5.75 Å². The predicted octanol–water partition coefficient (Wildman–Crippen LogP) is 1.06. The summed E-state index contributed by atoms with van der Waals surface area (Å²) >= 11 is 1.25. The van der Waals surface area contributed by atoms with Crippen LogP contribution in [0.4, 0.5) is 0 Å². The number of amides is 2. The van der Waals surface area contributed by atoms with Crippen LogP contribution in [0.3, 0.4) is 0 Å². The average molecular weight is 374 g/mol. The number of carbonyl (C=O) groups is 2. The van der Waals surface area contributed by atoms with Gasteiger partial charge in [-0.25, -0.2) is 4.98 Å². The van der Waals surface area contributed by atoms with Crippen molar-refractivity contribution in [2.24, 2.45) is 0 Å². The SMILES string of the molecule is O=C(CSc1ncc(CO)n1CC(=O)NC1CC1)NCc1ccccc1. The van der Waals surface area contributed by atoms with Crippen molar-refractivity contribution in [3.8, 4) is 0 Å². The Kier molecular flexibility index (Phi) is 6.30. The fraction of sp³-hybridized carbons (Fsp3) is 0.389. The van der Waals surface area contributed by atoms with Crippen molar-refractivity contribution in [3.05, 3.63) is 47.8 Å². The lowest BCUT2D eigenvalue weighted by molar-refractivity contribution is -0.122. The van der Waals surface area contributed by atoms with Crippen LogP contribution in [0, 0.1) is 0 Å². The molecule has 0 saturated heterocycles. The molecular formula is C18H22N4O3S. The lowest BCUT2D eigenvalue weighted by Gasteiger charge is -2.11. The third kappa shape index (κ3) is 5.34. The summed E-state index contributed by atoms with van der Waals surface area (Å²) in [5.74, 6) is -0.0177. The highest BCUT2D eigenvalue weighted by Gasteiger charge is 2.24. The van der Waals surface area contributed by atoms with E-state index in [0.717, 1.165) is 18.4 Å². The summed E-state index contributed by atoms with van der Waals surface area (Å²) in [6.45, 7) is 0.366. The first-order valence-corrected chi connectivity index (χ1v) is 9.52. The van der Waals surface area contributed by atoms with Crippen molar-refractivity contribution >= 4 is 23.6 Å². The smallest absolute Gasteiger partial charge is 0.240 e. The Labute approximate surface area is 156 Å². The predicted molar refractivity (Wildman–Crippen MR) is 98.3 cm³/mol. The molecule has 0 radical (unpaired) electrons. The second-order valence-corrected chi connectivity index (χ2v) is 7.11. The van der Waals surface area contributed by atoms with Crippen LogP contribution in [-0.4, -0.2) is 38.3 Å². The Balaban J connectivity index is 1.52. The Bertz CT molecular complexity index is 759. The first-order chi connectivity index (χ1) is 12.7. The van der Waals surface area contributed by atoms with Crippen molar-refractivity contribution in [1.29, 1.82) is 0 Å². The fourth-order valence-electron chi connectivity index (χ4n) is 2.42. The standard InChI is InChI=1S/C18H22N4O3S/c23-11-15-9-20-18(22(15)10-16(24)21-14-6-7-14)26-12-17(25)19-8-13-4-2-1-3-5-13/h1-5,9,14,23H,6-8,10-12H2,(H,19,25)(H,21,24). The van der Waals surface area contributed by atoms with Gasteiger partial charge in [-0.05, 0) is 18.4 Å². The van der Waals surface area contributed by atoms with Gasteiger partial charge in [0.25, 0.3) is 0 Å². The van der Waals surface area contributed by atoms with E-state index in [1.807, 2.05) is 30.3 Å². The third-order valence-electron chi connectivity index (χ3n) is 3.97. The van der Waals surface area contributed by atoms with Crippen LogP contribution in [0.25, 0.3) is 0 Å². The number of thioether (sulfide) groups is 1. The van der Waals surface area contributed by atoms with E-state index >= 15 is 0 Å². The number of aliphatic hydroxyl groups is 1. The van der Waals surface area contributed by atoms with Crippen molar-refractivity contribution in [1.82, 2.24) is 20.2 Å². The van der Waals surface area contributed by atoms with E-state index in [4.69, 9.17) is 0 Å². The molecule has 1 aliphatic rings. The molecule has 2 aromatic rings. The molecule has 1 aromatic carbocycles. The Morgan fingerprint density at radius 2 is 2.00 bits per heavy atom. The van der Waals surface area contributed by atoms with Crippen LogP contribution in [0.1, 0.15) is 24.1 Å². The molecule has 0 bridgehead atoms. The van der Waals surface area contributed by atoms with E-state index in [2.05, 4.69) is 15.6 Å². The van der Waals surface area contributed by atoms with Crippen LogP contribution < -0.4 is 10.6 Å². The highest BCUT2D eigenvalue weighted by molar-refractivity contribution is 7.99. The maximum absolute atomic E-state index is 12.1. The molecule has 26 heavy (non-hydrogen) atoms. The first kappa shape index (κ1) is 18.5. The van der Waals surface area contributed by atoms with Gasteiger partial charge in [0.15, 0.2) is 5.16 Å². The summed E-state index contributed by atoms with van der Waals surface area (Å²) in [5.41, 5.74) is 1.59. The van der Waals surface area contributed by atoms with Gasteiger partial charge in [-0.1, -0.05) is 42.1 Å². The Hall–Kier alpha value is -2.32. The number of hydrogen-bond acceptors (Lipinski definition) is 5. The number of carbonyl (C=O) groups excluding carboxylic acids is 2. The van der Waals surface area contributed by atoms with E-state index in [1.54, 1.807) is 4.57 Å². The summed E-state index contributed by atoms with van der Waals surface area (Å²) in [5, 5.41) is 15.8. The summed E-state index contributed by atoms with van der Waals surface area (Å²) in [4.78, 5) is 28.3. The van der Waals surface area contributed by atoms with Crippen molar-refractivity contribution in [3.63, 3.8) is 0 Å². The van der Waals surface area contributed by atoms with E-state index < -0.39 is 0 Å². The van der Waals surface area contributed by atoms with Crippen LogP contribution in [0.5, 0.6) is 0 Å². The fourth-order valence-corrected chi connectivity index (χ4v) is 3.25. The monoisotopic (exact) mass is 374 g/mol. The molecular weight excluding hydrogens is 352 g/mol. The van der Waals surface area contributed by atoms with Gasteiger partial charge in [0.05, 0.1) is 24.3 Å². The molecule has 1 aliphatic carbocycles. The van der Waals surface area contributed by atoms with Crippen molar-refractivity contribution < 1.29 is 14.7 Å². The summed E-state index contributed by atoms with van der Waals surface area (Å²) in [6.07, 6.45) is 3.58. The van der Waals surface area contributed by atoms with E-state index in [0.29, 0.717) is 17.4 Å². The average Bonchev–Trinajstić information content (AvgIpc) is 3.38. The van der Waals surface area contributed by atoms with Crippen LogP contribution >= 0.6 is 11.8 Å². The summed E-state index contributed by atoms with van der Waals surface area (Å²) in [7, 11) is 0. The zero-order chi connectivity index (χ0) is 18.4. The Morgan fingerprint density at radius 1 is 1.23 bits per heavy atom. The van der Waals surface area contributed by atoms with Crippen LogP contribution in [0.15, 0.2) is 41.7 Å². The molecule has 1 saturated carbocycles. The highest BCUT2D eigenvalue weighted by Crippen LogP contribution is 2.21.